The molecule has 0 aliphatic rings. The number of hydrogen-bond acceptors (Lipinski definition) is 4. The van der Waals surface area contributed by atoms with E-state index in [-0.39, 0.29) is 5.76 Å². The van der Waals surface area contributed by atoms with Crippen LogP contribution in [0.5, 0.6) is 5.75 Å². The third-order valence-electron chi connectivity index (χ3n) is 3.21. The third-order valence-corrected chi connectivity index (χ3v) is 3.21. The summed E-state index contributed by atoms with van der Waals surface area (Å²) in [5, 5.41) is 13.6. The zero-order chi connectivity index (χ0) is 14.3. The smallest absolute Gasteiger partial charge is 0.374 e. The van der Waals surface area contributed by atoms with E-state index in [1.807, 2.05) is 36.0 Å². The molecule has 0 aliphatic heterocycles. The van der Waals surface area contributed by atoms with E-state index in [1.54, 1.807) is 7.11 Å². The highest BCUT2D eigenvalue weighted by molar-refractivity contribution is 5.98. The van der Waals surface area contributed by atoms with E-state index in [0.717, 1.165) is 22.2 Å². The van der Waals surface area contributed by atoms with Crippen molar-refractivity contribution in [2.45, 2.75) is 0 Å². The first-order valence-corrected chi connectivity index (χ1v) is 5.94. The first-order chi connectivity index (χ1) is 9.61. The molecule has 20 heavy (non-hydrogen) atoms. The Bertz CT molecular complexity index is 801. The molecule has 2 aromatic heterocycles. The second kappa shape index (κ2) is 4.41. The minimum atomic E-state index is -1.14. The number of fused-ring (bicyclic) bond motifs is 1. The second-order valence-electron chi connectivity index (χ2n) is 4.39. The maximum Gasteiger partial charge on any atom is 0.374 e. The zero-order valence-electron chi connectivity index (χ0n) is 11.0. The Hall–Kier alpha value is -2.76. The minimum Gasteiger partial charge on any atom is -0.495 e. The number of aromatic nitrogens is 2. The normalized spacial score (nSPS) is 10.9. The fraction of sp³-hybridized carbons (Fsp3) is 0.143. The summed E-state index contributed by atoms with van der Waals surface area (Å²) < 4.78 is 12.1. The fourth-order valence-electron chi connectivity index (χ4n) is 2.27. The Labute approximate surface area is 114 Å². The summed E-state index contributed by atoms with van der Waals surface area (Å²) in [6, 6.07) is 7.01. The van der Waals surface area contributed by atoms with Crippen LogP contribution in [0.2, 0.25) is 0 Å². The molecule has 0 radical (unpaired) electrons. The monoisotopic (exact) mass is 272 g/mol. The van der Waals surface area contributed by atoms with Crippen molar-refractivity contribution in [3.05, 3.63) is 36.2 Å². The van der Waals surface area contributed by atoms with Crippen molar-refractivity contribution in [3.63, 3.8) is 0 Å². The van der Waals surface area contributed by atoms with Crippen LogP contribution < -0.4 is 4.74 Å². The zero-order valence-corrected chi connectivity index (χ0v) is 11.0. The SMILES string of the molecule is COc1ccc(-c2cc(C(=O)O)on2)c2ccn(C)c12. The highest BCUT2D eigenvalue weighted by atomic mass is 16.5. The average molecular weight is 272 g/mol. The molecule has 3 rings (SSSR count). The van der Waals surface area contributed by atoms with E-state index < -0.39 is 5.97 Å². The van der Waals surface area contributed by atoms with Gasteiger partial charge in [0.25, 0.3) is 0 Å². The van der Waals surface area contributed by atoms with Crippen LogP contribution in [0.25, 0.3) is 22.2 Å². The van der Waals surface area contributed by atoms with Gasteiger partial charge in [-0.1, -0.05) is 5.16 Å². The second-order valence-corrected chi connectivity index (χ2v) is 4.39. The molecule has 0 bridgehead atoms. The molecule has 0 fully saturated rings. The van der Waals surface area contributed by atoms with Gasteiger partial charge in [0.05, 0.1) is 12.6 Å². The van der Waals surface area contributed by atoms with Crippen molar-refractivity contribution in [2.75, 3.05) is 7.11 Å². The molecule has 0 atom stereocenters. The number of carboxylic acid groups (broad SMARTS) is 1. The van der Waals surface area contributed by atoms with Crippen LogP contribution >= 0.6 is 0 Å². The number of nitrogens with zero attached hydrogens (tertiary/aromatic N) is 2. The molecule has 0 spiro atoms. The Kier molecular flexibility index (Phi) is 2.71. The Morgan fingerprint density at radius 3 is 2.85 bits per heavy atom. The molecule has 0 unspecified atom stereocenters. The van der Waals surface area contributed by atoms with E-state index >= 15 is 0 Å². The predicted molar refractivity (Wildman–Crippen MR) is 71.9 cm³/mol. The summed E-state index contributed by atoms with van der Waals surface area (Å²) in [4.78, 5) is 10.9. The van der Waals surface area contributed by atoms with Gasteiger partial charge in [0, 0.05) is 30.3 Å². The molecule has 6 nitrogen and oxygen atoms in total. The van der Waals surface area contributed by atoms with Gasteiger partial charge in [-0.25, -0.2) is 4.79 Å². The maximum absolute atomic E-state index is 10.9. The van der Waals surface area contributed by atoms with E-state index in [9.17, 15) is 4.79 Å². The van der Waals surface area contributed by atoms with Crippen LogP contribution in [0.3, 0.4) is 0 Å². The molecular formula is C14H12N2O4. The standard InChI is InChI=1S/C14H12N2O4/c1-16-6-5-9-8(3-4-11(19-2)13(9)16)10-7-12(14(17)18)20-15-10/h3-7H,1-2H3,(H,17,18). The van der Waals surface area contributed by atoms with Gasteiger partial charge in [-0.3, -0.25) is 0 Å². The van der Waals surface area contributed by atoms with Gasteiger partial charge < -0.3 is 18.9 Å². The molecule has 102 valence electrons. The van der Waals surface area contributed by atoms with Gasteiger partial charge in [0.1, 0.15) is 11.4 Å². The van der Waals surface area contributed by atoms with E-state index in [4.69, 9.17) is 14.4 Å². The van der Waals surface area contributed by atoms with Crippen molar-refractivity contribution in [1.82, 2.24) is 9.72 Å². The Balaban J connectivity index is 2.23. The first-order valence-electron chi connectivity index (χ1n) is 5.94. The lowest BCUT2D eigenvalue weighted by molar-refractivity contribution is 0.0652. The summed E-state index contributed by atoms with van der Waals surface area (Å²) in [6.45, 7) is 0. The van der Waals surface area contributed by atoms with Crippen LogP contribution in [0, 0.1) is 0 Å². The molecule has 2 heterocycles. The lowest BCUT2D eigenvalue weighted by Crippen LogP contribution is -1.92. The summed E-state index contributed by atoms with van der Waals surface area (Å²) in [7, 11) is 3.53. The molecule has 6 heteroatoms. The van der Waals surface area contributed by atoms with E-state index in [2.05, 4.69) is 5.16 Å². The lowest BCUT2D eigenvalue weighted by Gasteiger charge is -2.07. The molecule has 3 aromatic rings. The number of benzene rings is 1. The summed E-state index contributed by atoms with van der Waals surface area (Å²) in [5.74, 6) is -0.570. The van der Waals surface area contributed by atoms with Gasteiger partial charge in [-0.2, -0.15) is 0 Å². The van der Waals surface area contributed by atoms with Crippen LogP contribution in [0.15, 0.2) is 35.0 Å². The van der Waals surface area contributed by atoms with Crippen LogP contribution in [-0.4, -0.2) is 27.9 Å². The molecule has 0 aliphatic carbocycles. The Morgan fingerprint density at radius 2 is 2.20 bits per heavy atom. The quantitative estimate of drug-likeness (QED) is 0.792. The largest absolute Gasteiger partial charge is 0.495 e. The molecular weight excluding hydrogens is 260 g/mol. The highest BCUT2D eigenvalue weighted by Crippen LogP contribution is 2.34. The number of ether oxygens (including phenoxy) is 1. The number of hydrogen-bond donors (Lipinski definition) is 1. The average Bonchev–Trinajstić information content (AvgIpc) is 3.06. The fourth-order valence-corrected chi connectivity index (χ4v) is 2.27. The summed E-state index contributed by atoms with van der Waals surface area (Å²) >= 11 is 0. The molecule has 0 saturated heterocycles. The van der Waals surface area contributed by atoms with Crippen molar-refractivity contribution in [2.24, 2.45) is 7.05 Å². The first kappa shape index (κ1) is 12.3. The predicted octanol–water partition coefficient (Wildman–Crippen LogP) is 2.54. The minimum absolute atomic E-state index is 0.181. The van der Waals surface area contributed by atoms with Crippen LogP contribution in [-0.2, 0) is 7.05 Å². The van der Waals surface area contributed by atoms with Crippen molar-refractivity contribution in [3.8, 4) is 17.0 Å². The number of rotatable bonds is 3. The summed E-state index contributed by atoms with van der Waals surface area (Å²) in [6.07, 6.45) is 1.91. The van der Waals surface area contributed by atoms with Gasteiger partial charge in [-0.15, -0.1) is 0 Å². The van der Waals surface area contributed by atoms with Crippen LogP contribution in [0.1, 0.15) is 10.6 Å². The van der Waals surface area contributed by atoms with Crippen molar-refractivity contribution < 1.29 is 19.2 Å². The third kappa shape index (κ3) is 1.73. The van der Waals surface area contributed by atoms with Crippen molar-refractivity contribution in [1.29, 1.82) is 0 Å². The maximum atomic E-state index is 10.9. The number of aryl methyl sites for hydroxylation is 1. The molecule has 1 aromatic carbocycles. The number of carboxylic acids is 1. The molecule has 1 N–H and O–H groups in total. The number of carbonyl (C=O) groups is 1. The molecule has 0 saturated carbocycles. The summed E-state index contributed by atoms with van der Waals surface area (Å²) in [5.41, 5.74) is 2.21. The highest BCUT2D eigenvalue weighted by Gasteiger charge is 2.16. The van der Waals surface area contributed by atoms with Gasteiger partial charge in [0.15, 0.2) is 0 Å². The topological polar surface area (TPSA) is 77.5 Å². The van der Waals surface area contributed by atoms with Gasteiger partial charge in [-0.05, 0) is 18.2 Å². The number of methoxy groups -OCH3 is 1. The molecule has 0 amide bonds. The Morgan fingerprint density at radius 1 is 1.40 bits per heavy atom. The van der Waals surface area contributed by atoms with Crippen LogP contribution in [0.4, 0.5) is 0 Å². The van der Waals surface area contributed by atoms with Crippen molar-refractivity contribution >= 4 is 16.9 Å². The van der Waals surface area contributed by atoms with Gasteiger partial charge >= 0.3 is 5.97 Å². The van der Waals surface area contributed by atoms with E-state index in [0.29, 0.717) is 5.69 Å². The lowest BCUT2D eigenvalue weighted by atomic mass is 10.1. The number of aromatic carboxylic acids is 1. The van der Waals surface area contributed by atoms with E-state index in [1.165, 1.54) is 6.07 Å². The van der Waals surface area contributed by atoms with Gasteiger partial charge in [0.2, 0.25) is 5.76 Å².